The maximum atomic E-state index is 12.5. The lowest BCUT2D eigenvalue weighted by atomic mass is 10.1. The standard InChI is InChI=1S/C16H18ClNO3/c1-11-3-2-4-14(11)16(21)18(10-15(19)20)9-12-5-7-13(17)8-6-12/h5-8H,2-4,9-10H2,1H3,(H,19,20). The molecule has 112 valence electrons. The largest absolute Gasteiger partial charge is 0.480 e. The van der Waals surface area contributed by atoms with Gasteiger partial charge in [-0.3, -0.25) is 9.59 Å². The van der Waals surface area contributed by atoms with Gasteiger partial charge in [-0.1, -0.05) is 29.3 Å². The summed E-state index contributed by atoms with van der Waals surface area (Å²) in [5.74, 6) is -1.17. The van der Waals surface area contributed by atoms with Crippen molar-refractivity contribution in [2.75, 3.05) is 6.54 Å². The van der Waals surface area contributed by atoms with Gasteiger partial charge in [-0.05, 0) is 43.9 Å². The van der Waals surface area contributed by atoms with Crippen LogP contribution < -0.4 is 0 Å². The first kappa shape index (κ1) is 15.6. The molecule has 0 radical (unpaired) electrons. The maximum absolute atomic E-state index is 12.5. The molecule has 1 N–H and O–H groups in total. The van der Waals surface area contributed by atoms with Crippen molar-refractivity contribution < 1.29 is 14.7 Å². The van der Waals surface area contributed by atoms with Crippen LogP contribution in [0.5, 0.6) is 0 Å². The van der Waals surface area contributed by atoms with E-state index in [-0.39, 0.29) is 19.0 Å². The Morgan fingerprint density at radius 2 is 1.90 bits per heavy atom. The van der Waals surface area contributed by atoms with E-state index in [2.05, 4.69) is 0 Å². The molecule has 1 aromatic carbocycles. The second kappa shape index (κ2) is 6.76. The number of hydrogen-bond acceptors (Lipinski definition) is 2. The number of carboxylic acid groups (broad SMARTS) is 1. The van der Waals surface area contributed by atoms with Gasteiger partial charge in [-0.15, -0.1) is 0 Å². The minimum atomic E-state index is -1.01. The highest BCUT2D eigenvalue weighted by atomic mass is 35.5. The van der Waals surface area contributed by atoms with E-state index in [0.717, 1.165) is 36.0 Å². The quantitative estimate of drug-likeness (QED) is 0.908. The molecular weight excluding hydrogens is 290 g/mol. The van der Waals surface area contributed by atoms with Gasteiger partial charge in [-0.2, -0.15) is 0 Å². The predicted molar refractivity (Wildman–Crippen MR) is 81.1 cm³/mol. The number of nitrogens with zero attached hydrogens (tertiary/aromatic N) is 1. The number of benzene rings is 1. The highest BCUT2D eigenvalue weighted by Crippen LogP contribution is 2.27. The Morgan fingerprint density at radius 1 is 1.24 bits per heavy atom. The van der Waals surface area contributed by atoms with E-state index in [1.807, 2.05) is 6.92 Å². The number of carbonyl (C=O) groups is 2. The number of carboxylic acids is 1. The molecule has 1 aliphatic rings. The van der Waals surface area contributed by atoms with E-state index >= 15 is 0 Å². The van der Waals surface area contributed by atoms with Gasteiger partial charge in [-0.25, -0.2) is 0 Å². The number of carbonyl (C=O) groups excluding carboxylic acids is 1. The Hall–Kier alpha value is -1.81. The minimum absolute atomic E-state index is 0.164. The van der Waals surface area contributed by atoms with Gasteiger partial charge in [0.15, 0.2) is 0 Å². The molecule has 5 heteroatoms. The summed E-state index contributed by atoms with van der Waals surface area (Å²) in [7, 11) is 0. The third-order valence-corrected chi connectivity index (χ3v) is 3.90. The van der Waals surface area contributed by atoms with Crippen molar-refractivity contribution in [1.29, 1.82) is 0 Å². The van der Waals surface area contributed by atoms with Gasteiger partial charge in [0.1, 0.15) is 6.54 Å². The molecule has 0 unspecified atom stereocenters. The first-order valence-corrected chi connectivity index (χ1v) is 7.29. The van der Waals surface area contributed by atoms with Crippen LogP contribution in [0.2, 0.25) is 5.02 Å². The van der Waals surface area contributed by atoms with Crippen molar-refractivity contribution in [3.05, 3.63) is 46.0 Å². The van der Waals surface area contributed by atoms with Gasteiger partial charge in [0.25, 0.3) is 5.91 Å². The lowest BCUT2D eigenvalue weighted by Crippen LogP contribution is -2.36. The number of halogens is 1. The molecule has 0 atom stereocenters. The molecule has 4 nitrogen and oxygen atoms in total. The van der Waals surface area contributed by atoms with Crippen LogP contribution in [0.4, 0.5) is 0 Å². The van der Waals surface area contributed by atoms with Crippen molar-refractivity contribution in [3.8, 4) is 0 Å². The maximum Gasteiger partial charge on any atom is 0.323 e. The Balaban J connectivity index is 2.18. The van der Waals surface area contributed by atoms with Crippen molar-refractivity contribution >= 4 is 23.5 Å². The predicted octanol–water partition coefficient (Wildman–Crippen LogP) is 3.25. The summed E-state index contributed by atoms with van der Waals surface area (Å²) in [6.07, 6.45) is 2.62. The first-order valence-electron chi connectivity index (χ1n) is 6.91. The fraction of sp³-hybridized carbons (Fsp3) is 0.375. The molecule has 1 aromatic rings. The lowest BCUT2D eigenvalue weighted by molar-refractivity contribution is -0.143. The number of rotatable bonds is 5. The second-order valence-corrected chi connectivity index (χ2v) is 5.73. The molecular formula is C16H18ClNO3. The van der Waals surface area contributed by atoms with Crippen molar-refractivity contribution in [3.63, 3.8) is 0 Å². The van der Waals surface area contributed by atoms with Gasteiger partial charge in [0.05, 0.1) is 0 Å². The zero-order valence-corrected chi connectivity index (χ0v) is 12.7. The van der Waals surface area contributed by atoms with Crippen molar-refractivity contribution in [2.45, 2.75) is 32.7 Å². The number of hydrogen-bond donors (Lipinski definition) is 1. The Kier molecular flexibility index (Phi) is 5.02. The van der Waals surface area contributed by atoms with E-state index < -0.39 is 5.97 Å². The van der Waals surface area contributed by atoms with Crippen LogP contribution in [0.15, 0.2) is 35.4 Å². The Labute approximate surface area is 129 Å². The highest BCUT2D eigenvalue weighted by Gasteiger charge is 2.24. The Morgan fingerprint density at radius 3 is 2.43 bits per heavy atom. The topological polar surface area (TPSA) is 57.6 Å². The van der Waals surface area contributed by atoms with Gasteiger partial charge in [0.2, 0.25) is 0 Å². The molecule has 0 saturated carbocycles. The van der Waals surface area contributed by atoms with E-state index in [4.69, 9.17) is 16.7 Å². The lowest BCUT2D eigenvalue weighted by Gasteiger charge is -2.22. The molecule has 1 amide bonds. The first-order chi connectivity index (χ1) is 9.97. The van der Waals surface area contributed by atoms with Crippen molar-refractivity contribution in [2.24, 2.45) is 0 Å². The average molecular weight is 308 g/mol. The van der Waals surface area contributed by atoms with Crippen LogP contribution in [0, 0.1) is 0 Å². The molecule has 0 spiro atoms. The molecule has 0 aliphatic heterocycles. The van der Waals surface area contributed by atoms with Gasteiger partial charge in [0, 0.05) is 17.1 Å². The van der Waals surface area contributed by atoms with E-state index in [1.165, 1.54) is 4.90 Å². The number of amides is 1. The summed E-state index contributed by atoms with van der Waals surface area (Å²) in [5.41, 5.74) is 2.71. The van der Waals surface area contributed by atoms with Crippen LogP contribution in [0.3, 0.4) is 0 Å². The SMILES string of the molecule is CC1=C(C(=O)N(CC(=O)O)Cc2ccc(Cl)cc2)CCC1. The third-order valence-electron chi connectivity index (χ3n) is 3.65. The summed E-state index contributed by atoms with van der Waals surface area (Å²) in [6, 6.07) is 7.08. The van der Waals surface area contributed by atoms with E-state index in [1.54, 1.807) is 24.3 Å². The fourth-order valence-electron chi connectivity index (χ4n) is 2.55. The van der Waals surface area contributed by atoms with Gasteiger partial charge >= 0.3 is 5.97 Å². The zero-order chi connectivity index (χ0) is 15.4. The van der Waals surface area contributed by atoms with Crippen LogP contribution in [0.25, 0.3) is 0 Å². The fourth-order valence-corrected chi connectivity index (χ4v) is 2.67. The molecule has 2 rings (SSSR count). The normalized spacial score (nSPS) is 14.4. The summed E-state index contributed by atoms with van der Waals surface area (Å²) in [6.45, 7) is 1.93. The minimum Gasteiger partial charge on any atom is -0.480 e. The highest BCUT2D eigenvalue weighted by molar-refractivity contribution is 6.30. The van der Waals surface area contributed by atoms with Crippen LogP contribution in [-0.4, -0.2) is 28.4 Å². The third kappa shape index (κ3) is 4.08. The molecule has 0 heterocycles. The average Bonchev–Trinajstić information content (AvgIpc) is 2.85. The number of allylic oxidation sites excluding steroid dienone is 1. The zero-order valence-electron chi connectivity index (χ0n) is 11.9. The monoisotopic (exact) mass is 307 g/mol. The molecule has 0 fully saturated rings. The number of aliphatic carboxylic acids is 1. The summed E-state index contributed by atoms with van der Waals surface area (Å²) in [4.78, 5) is 24.9. The molecule has 1 aliphatic carbocycles. The molecule has 0 bridgehead atoms. The smallest absolute Gasteiger partial charge is 0.323 e. The van der Waals surface area contributed by atoms with E-state index in [0.29, 0.717) is 5.02 Å². The van der Waals surface area contributed by atoms with Crippen molar-refractivity contribution in [1.82, 2.24) is 4.90 Å². The van der Waals surface area contributed by atoms with Crippen LogP contribution in [0.1, 0.15) is 31.7 Å². The molecule has 0 saturated heterocycles. The molecule has 21 heavy (non-hydrogen) atoms. The van der Waals surface area contributed by atoms with Crippen LogP contribution in [-0.2, 0) is 16.1 Å². The molecule has 0 aromatic heterocycles. The Bertz CT molecular complexity index is 578. The summed E-state index contributed by atoms with van der Waals surface area (Å²) < 4.78 is 0. The van der Waals surface area contributed by atoms with Crippen LogP contribution >= 0.6 is 11.6 Å². The van der Waals surface area contributed by atoms with Gasteiger partial charge < -0.3 is 10.0 Å². The van der Waals surface area contributed by atoms with E-state index in [9.17, 15) is 9.59 Å². The summed E-state index contributed by atoms with van der Waals surface area (Å²) >= 11 is 5.84. The second-order valence-electron chi connectivity index (χ2n) is 5.29. The summed E-state index contributed by atoms with van der Waals surface area (Å²) in [5, 5.41) is 9.65.